The molecule has 1 atom stereocenters. The first-order valence-electron chi connectivity index (χ1n) is 7.26. The summed E-state index contributed by atoms with van der Waals surface area (Å²) in [5.74, 6) is 0.0798. The van der Waals surface area contributed by atoms with Crippen LogP contribution in [0.25, 0.3) is 0 Å². The van der Waals surface area contributed by atoms with Crippen LogP contribution in [0.15, 0.2) is 29.2 Å². The molecule has 22 heavy (non-hydrogen) atoms. The van der Waals surface area contributed by atoms with Crippen molar-refractivity contribution >= 4 is 25.5 Å². The number of sulfonamides is 1. The Morgan fingerprint density at radius 2 is 1.82 bits per heavy atom. The molecule has 0 spiro atoms. The van der Waals surface area contributed by atoms with Crippen LogP contribution in [0.4, 0.5) is 5.69 Å². The van der Waals surface area contributed by atoms with Crippen LogP contribution in [-0.4, -0.2) is 48.0 Å². The van der Waals surface area contributed by atoms with Gasteiger partial charge >= 0.3 is 0 Å². The van der Waals surface area contributed by atoms with Crippen molar-refractivity contribution < 1.29 is 16.8 Å². The van der Waals surface area contributed by atoms with E-state index in [0.29, 0.717) is 11.4 Å². The van der Waals surface area contributed by atoms with E-state index in [9.17, 15) is 16.8 Å². The molecule has 0 radical (unpaired) electrons. The van der Waals surface area contributed by atoms with Crippen LogP contribution < -0.4 is 9.62 Å². The molecule has 0 aliphatic carbocycles. The largest absolute Gasteiger partial charge is 0.370 e. The highest BCUT2D eigenvalue weighted by atomic mass is 32.2. The molecule has 0 aromatic heterocycles. The van der Waals surface area contributed by atoms with E-state index >= 15 is 0 Å². The lowest BCUT2D eigenvalue weighted by Gasteiger charge is -2.34. The summed E-state index contributed by atoms with van der Waals surface area (Å²) in [6.07, 6.45) is 2.87. The number of sulfone groups is 1. The molecule has 0 bridgehead atoms. The van der Waals surface area contributed by atoms with Crippen LogP contribution in [-0.2, 0) is 19.9 Å². The van der Waals surface area contributed by atoms with Crippen LogP contribution in [0.5, 0.6) is 0 Å². The van der Waals surface area contributed by atoms with Crippen molar-refractivity contribution in [1.29, 1.82) is 0 Å². The van der Waals surface area contributed by atoms with Gasteiger partial charge in [-0.25, -0.2) is 21.6 Å². The predicted molar refractivity (Wildman–Crippen MR) is 87.4 cm³/mol. The zero-order valence-corrected chi connectivity index (χ0v) is 14.5. The monoisotopic (exact) mass is 346 g/mol. The van der Waals surface area contributed by atoms with Crippen molar-refractivity contribution in [3.8, 4) is 0 Å². The van der Waals surface area contributed by atoms with Crippen molar-refractivity contribution in [3.63, 3.8) is 0 Å². The summed E-state index contributed by atoms with van der Waals surface area (Å²) in [6.45, 7) is 3.05. The van der Waals surface area contributed by atoms with Crippen molar-refractivity contribution in [3.05, 3.63) is 24.3 Å². The maximum Gasteiger partial charge on any atom is 0.209 e. The Morgan fingerprint density at radius 1 is 1.18 bits per heavy atom. The topological polar surface area (TPSA) is 83.6 Å². The molecular formula is C14H22N2O4S2. The number of hydrogen-bond acceptors (Lipinski definition) is 5. The Bertz CT molecular complexity index is 712. The minimum atomic E-state index is -3.21. The zero-order chi connectivity index (χ0) is 16.4. The van der Waals surface area contributed by atoms with Crippen molar-refractivity contribution in [2.24, 2.45) is 0 Å². The SMILES string of the molecule is CCS(=O)(=O)c1ccc(N2CCCC(NS(C)(=O)=O)C2)cc1. The highest BCUT2D eigenvalue weighted by Crippen LogP contribution is 2.22. The Kier molecular flexibility index (Phi) is 5.14. The Labute approximate surface area is 132 Å². The van der Waals surface area contributed by atoms with Gasteiger partial charge in [-0.3, -0.25) is 0 Å². The number of anilines is 1. The first-order chi connectivity index (χ1) is 10.2. The fourth-order valence-electron chi connectivity index (χ4n) is 2.64. The Balaban J connectivity index is 2.11. The average molecular weight is 346 g/mol. The number of piperidine rings is 1. The second kappa shape index (κ2) is 6.55. The summed E-state index contributed by atoms with van der Waals surface area (Å²) in [7, 11) is -6.41. The predicted octanol–water partition coefficient (Wildman–Crippen LogP) is 0.998. The molecule has 8 heteroatoms. The van der Waals surface area contributed by atoms with Gasteiger partial charge in [0.2, 0.25) is 10.0 Å². The van der Waals surface area contributed by atoms with Gasteiger partial charge in [-0.05, 0) is 37.1 Å². The van der Waals surface area contributed by atoms with Gasteiger partial charge in [0.05, 0.1) is 16.9 Å². The third-order valence-corrected chi connectivity index (χ3v) is 6.26. The van der Waals surface area contributed by atoms with Gasteiger partial charge in [-0.1, -0.05) is 6.92 Å². The molecule has 1 aromatic carbocycles. The fourth-order valence-corrected chi connectivity index (χ4v) is 4.32. The molecule has 124 valence electrons. The van der Waals surface area contributed by atoms with Crippen LogP contribution in [0.3, 0.4) is 0 Å². The molecule has 1 aromatic rings. The van der Waals surface area contributed by atoms with Gasteiger partial charge in [0, 0.05) is 24.8 Å². The van der Waals surface area contributed by atoms with Crippen molar-refractivity contribution in [2.45, 2.75) is 30.7 Å². The second-order valence-electron chi connectivity index (χ2n) is 5.57. The minimum Gasteiger partial charge on any atom is -0.370 e. The number of rotatable bonds is 5. The molecule has 0 saturated carbocycles. The molecule has 1 heterocycles. The standard InChI is InChI=1S/C14H22N2O4S2/c1-3-22(19,20)14-8-6-13(7-9-14)16-10-4-5-12(11-16)15-21(2,17)18/h6-9,12,15H,3-5,10-11H2,1-2H3. The third kappa shape index (κ3) is 4.44. The third-order valence-electron chi connectivity index (χ3n) is 3.74. The maximum atomic E-state index is 11.8. The number of benzene rings is 1. The van der Waals surface area contributed by atoms with Crippen LogP contribution in [0, 0.1) is 0 Å². The molecule has 1 saturated heterocycles. The Morgan fingerprint density at radius 3 is 2.36 bits per heavy atom. The number of hydrogen-bond donors (Lipinski definition) is 1. The summed E-state index contributed by atoms with van der Waals surface area (Å²) >= 11 is 0. The molecule has 0 amide bonds. The summed E-state index contributed by atoms with van der Waals surface area (Å²) in [5.41, 5.74) is 0.912. The van der Waals surface area contributed by atoms with Gasteiger partial charge in [0.1, 0.15) is 0 Å². The maximum absolute atomic E-state index is 11.8. The molecule has 1 fully saturated rings. The van der Waals surface area contributed by atoms with Gasteiger partial charge in [0.15, 0.2) is 9.84 Å². The molecule has 2 rings (SSSR count). The quantitative estimate of drug-likeness (QED) is 0.860. The molecule has 6 nitrogen and oxygen atoms in total. The lowest BCUT2D eigenvalue weighted by molar-refractivity contribution is 0.467. The van der Waals surface area contributed by atoms with E-state index in [2.05, 4.69) is 9.62 Å². The minimum absolute atomic E-state index is 0.0798. The molecule has 1 aliphatic heterocycles. The van der Waals surface area contributed by atoms with E-state index in [4.69, 9.17) is 0 Å². The average Bonchev–Trinajstić information content (AvgIpc) is 2.46. The molecular weight excluding hydrogens is 324 g/mol. The lowest BCUT2D eigenvalue weighted by atomic mass is 10.1. The summed E-state index contributed by atoms with van der Waals surface area (Å²) in [5, 5.41) is 0. The number of nitrogens with one attached hydrogen (secondary N) is 1. The summed E-state index contributed by atoms with van der Waals surface area (Å²) in [4.78, 5) is 2.40. The van der Waals surface area contributed by atoms with Gasteiger partial charge in [-0.2, -0.15) is 0 Å². The Hall–Kier alpha value is -1.12. The van der Waals surface area contributed by atoms with Gasteiger partial charge in [-0.15, -0.1) is 0 Å². The normalized spacial score (nSPS) is 20.1. The van der Waals surface area contributed by atoms with E-state index in [0.717, 1.165) is 31.3 Å². The van der Waals surface area contributed by atoms with E-state index in [1.165, 1.54) is 0 Å². The fraction of sp³-hybridized carbons (Fsp3) is 0.571. The van der Waals surface area contributed by atoms with E-state index in [-0.39, 0.29) is 11.8 Å². The second-order valence-corrected chi connectivity index (χ2v) is 9.63. The van der Waals surface area contributed by atoms with Crippen molar-refractivity contribution in [1.82, 2.24) is 4.72 Å². The zero-order valence-electron chi connectivity index (χ0n) is 12.8. The van der Waals surface area contributed by atoms with Gasteiger partial charge < -0.3 is 4.90 Å². The van der Waals surface area contributed by atoms with E-state index < -0.39 is 19.9 Å². The van der Waals surface area contributed by atoms with Crippen molar-refractivity contribution in [2.75, 3.05) is 30.0 Å². The summed E-state index contributed by atoms with van der Waals surface area (Å²) in [6, 6.07) is 6.68. The summed E-state index contributed by atoms with van der Waals surface area (Å²) < 4.78 is 48.9. The molecule has 1 N–H and O–H groups in total. The molecule has 1 aliphatic rings. The van der Waals surface area contributed by atoms with Crippen LogP contribution in [0.2, 0.25) is 0 Å². The van der Waals surface area contributed by atoms with E-state index in [1.807, 2.05) is 0 Å². The van der Waals surface area contributed by atoms with Crippen LogP contribution >= 0.6 is 0 Å². The lowest BCUT2D eigenvalue weighted by Crippen LogP contribution is -2.47. The first-order valence-corrected chi connectivity index (χ1v) is 10.8. The first kappa shape index (κ1) is 17.2. The van der Waals surface area contributed by atoms with E-state index in [1.54, 1.807) is 31.2 Å². The highest BCUT2D eigenvalue weighted by Gasteiger charge is 2.23. The molecule has 1 unspecified atom stereocenters. The van der Waals surface area contributed by atoms with Crippen LogP contribution in [0.1, 0.15) is 19.8 Å². The van der Waals surface area contributed by atoms with Gasteiger partial charge in [0.25, 0.3) is 0 Å². The number of nitrogens with zero attached hydrogens (tertiary/aromatic N) is 1. The highest BCUT2D eigenvalue weighted by molar-refractivity contribution is 7.91. The smallest absolute Gasteiger partial charge is 0.209 e.